The van der Waals surface area contributed by atoms with E-state index >= 15 is 0 Å². The Morgan fingerprint density at radius 3 is 2.70 bits per heavy atom. The summed E-state index contributed by atoms with van der Waals surface area (Å²) < 4.78 is 32.5. The molecule has 2 atom stereocenters. The lowest BCUT2D eigenvalue weighted by atomic mass is 10.2. The van der Waals surface area contributed by atoms with Crippen molar-refractivity contribution < 1.29 is 13.2 Å². The fourth-order valence-corrected chi connectivity index (χ4v) is 4.42. The smallest absolute Gasteiger partial charge is 0.243 e. The zero-order chi connectivity index (χ0) is 14.9. The fourth-order valence-electron chi connectivity index (χ4n) is 2.54. The van der Waals surface area contributed by atoms with Gasteiger partial charge < -0.3 is 4.74 Å². The summed E-state index contributed by atoms with van der Waals surface area (Å²) in [4.78, 5) is 0.331. The molecule has 0 N–H and O–H groups in total. The molecule has 1 fully saturated rings. The predicted octanol–water partition coefficient (Wildman–Crippen LogP) is 2.53. The average Bonchev–Trinajstić information content (AvgIpc) is 2.84. The first-order valence-corrected chi connectivity index (χ1v) is 8.60. The number of hydrogen-bond donors (Lipinski definition) is 0. The number of rotatable bonds is 4. The second kappa shape index (κ2) is 6.02. The molecule has 1 heterocycles. The summed E-state index contributed by atoms with van der Waals surface area (Å²) in [5, 5.41) is 0. The van der Waals surface area contributed by atoms with Crippen LogP contribution >= 0.6 is 11.6 Å². The van der Waals surface area contributed by atoms with Gasteiger partial charge in [-0.2, -0.15) is 4.31 Å². The van der Waals surface area contributed by atoms with Crippen LogP contribution in [0.4, 0.5) is 0 Å². The number of sulfonamides is 1. The van der Waals surface area contributed by atoms with Gasteiger partial charge in [0.25, 0.3) is 0 Å². The van der Waals surface area contributed by atoms with Gasteiger partial charge in [0.15, 0.2) is 0 Å². The van der Waals surface area contributed by atoms with Gasteiger partial charge in [-0.15, -0.1) is 11.6 Å². The molecule has 0 radical (unpaired) electrons. The summed E-state index contributed by atoms with van der Waals surface area (Å²) in [7, 11) is -1.90. The molecule has 2 unspecified atom stereocenters. The first kappa shape index (κ1) is 15.8. The molecule has 0 saturated carbocycles. The number of likely N-dealkylation sites (N-methyl/N-ethyl adjacent to an activating group) is 1. The number of halogens is 1. The summed E-state index contributed by atoms with van der Waals surface area (Å²) >= 11 is 5.80. The van der Waals surface area contributed by atoms with E-state index in [4.69, 9.17) is 16.3 Å². The summed E-state index contributed by atoms with van der Waals surface area (Å²) in [5.41, 5.74) is 1.54. The van der Waals surface area contributed by atoms with Crippen LogP contribution < -0.4 is 0 Å². The van der Waals surface area contributed by atoms with Crippen molar-refractivity contribution in [2.75, 3.05) is 13.7 Å². The average molecular weight is 318 g/mol. The van der Waals surface area contributed by atoms with Crippen molar-refractivity contribution >= 4 is 21.6 Å². The van der Waals surface area contributed by atoms with Crippen LogP contribution in [-0.2, 0) is 20.6 Å². The summed E-state index contributed by atoms with van der Waals surface area (Å²) in [6.07, 6.45) is 0.650. The van der Waals surface area contributed by atoms with E-state index in [0.717, 1.165) is 17.5 Å². The van der Waals surface area contributed by atoms with Crippen molar-refractivity contribution in [1.82, 2.24) is 4.31 Å². The highest BCUT2D eigenvalue weighted by molar-refractivity contribution is 7.89. The van der Waals surface area contributed by atoms with Crippen LogP contribution in [0.5, 0.6) is 0 Å². The number of alkyl halides is 1. The molecule has 112 valence electrons. The molecule has 1 aromatic carbocycles. The van der Waals surface area contributed by atoms with Gasteiger partial charge in [-0.1, -0.05) is 12.1 Å². The second-order valence-corrected chi connectivity index (χ2v) is 7.42. The van der Waals surface area contributed by atoms with Crippen LogP contribution in [0.3, 0.4) is 0 Å². The van der Waals surface area contributed by atoms with Crippen LogP contribution in [0.2, 0.25) is 0 Å². The van der Waals surface area contributed by atoms with Gasteiger partial charge in [-0.3, -0.25) is 0 Å². The molecule has 1 saturated heterocycles. The van der Waals surface area contributed by atoms with Gasteiger partial charge in [-0.05, 0) is 37.5 Å². The molecule has 0 amide bonds. The van der Waals surface area contributed by atoms with Crippen LogP contribution in [0, 0.1) is 6.92 Å². The third-order valence-electron chi connectivity index (χ3n) is 3.87. The highest BCUT2D eigenvalue weighted by Gasteiger charge is 2.35. The van der Waals surface area contributed by atoms with Crippen molar-refractivity contribution in [2.24, 2.45) is 0 Å². The van der Waals surface area contributed by atoms with E-state index in [1.165, 1.54) is 4.31 Å². The third kappa shape index (κ3) is 2.86. The van der Waals surface area contributed by atoms with Crippen molar-refractivity contribution in [2.45, 2.75) is 43.2 Å². The van der Waals surface area contributed by atoms with Gasteiger partial charge in [0.1, 0.15) is 0 Å². The van der Waals surface area contributed by atoms with Gasteiger partial charge >= 0.3 is 0 Å². The molecule has 20 heavy (non-hydrogen) atoms. The number of nitrogens with zero attached hydrogens (tertiary/aromatic N) is 1. The Kier molecular flexibility index (Phi) is 4.74. The maximum Gasteiger partial charge on any atom is 0.243 e. The molecule has 6 heteroatoms. The lowest BCUT2D eigenvalue weighted by Gasteiger charge is -2.26. The zero-order valence-corrected chi connectivity index (χ0v) is 13.5. The van der Waals surface area contributed by atoms with E-state index < -0.39 is 10.0 Å². The summed E-state index contributed by atoms with van der Waals surface area (Å²) in [5.74, 6) is 0.301. The standard InChI is InChI=1S/C14H20ClNO3S/c1-10-4-5-12(9-15)8-14(10)20(17,18)16(3)13-6-7-19-11(13)2/h4-5,8,11,13H,6-7,9H2,1-3H3. The number of ether oxygens (including phenoxy) is 1. The minimum atomic E-state index is -3.52. The number of benzene rings is 1. The van der Waals surface area contributed by atoms with E-state index in [9.17, 15) is 8.42 Å². The Balaban J connectivity index is 2.39. The fraction of sp³-hybridized carbons (Fsp3) is 0.571. The topological polar surface area (TPSA) is 46.6 Å². The van der Waals surface area contributed by atoms with Gasteiger partial charge in [0.05, 0.1) is 17.0 Å². The minimum absolute atomic E-state index is 0.0775. The van der Waals surface area contributed by atoms with Gasteiger partial charge in [0.2, 0.25) is 10.0 Å². The molecule has 1 aliphatic heterocycles. The SMILES string of the molecule is Cc1ccc(CCl)cc1S(=O)(=O)N(C)C1CCOC1C. The van der Waals surface area contributed by atoms with Gasteiger partial charge in [0, 0.05) is 19.5 Å². The lowest BCUT2D eigenvalue weighted by Crippen LogP contribution is -2.41. The largest absolute Gasteiger partial charge is 0.377 e. The maximum atomic E-state index is 12.8. The Labute approximate surface area is 125 Å². The molecular formula is C14H20ClNO3S. The molecule has 0 bridgehead atoms. The molecule has 2 rings (SSSR count). The third-order valence-corrected chi connectivity index (χ3v) is 6.20. The first-order valence-electron chi connectivity index (χ1n) is 6.63. The molecule has 0 aromatic heterocycles. The van der Waals surface area contributed by atoms with Crippen LogP contribution in [0.15, 0.2) is 23.1 Å². The molecule has 1 aliphatic rings. The second-order valence-electron chi connectivity index (χ2n) is 5.19. The van der Waals surface area contributed by atoms with Gasteiger partial charge in [-0.25, -0.2) is 8.42 Å². The molecule has 4 nitrogen and oxygen atoms in total. The summed E-state index contributed by atoms with van der Waals surface area (Å²) in [6.45, 7) is 4.31. The monoisotopic (exact) mass is 317 g/mol. The van der Waals surface area contributed by atoms with Crippen LogP contribution in [0.1, 0.15) is 24.5 Å². The molecular weight excluding hydrogens is 298 g/mol. The molecule has 0 aliphatic carbocycles. The molecule has 1 aromatic rings. The number of aryl methyl sites for hydroxylation is 1. The molecule has 0 spiro atoms. The van der Waals surface area contributed by atoms with E-state index in [1.807, 2.05) is 13.0 Å². The zero-order valence-electron chi connectivity index (χ0n) is 12.0. The lowest BCUT2D eigenvalue weighted by molar-refractivity contribution is 0.102. The van der Waals surface area contributed by atoms with Crippen molar-refractivity contribution in [3.63, 3.8) is 0 Å². The Morgan fingerprint density at radius 1 is 1.45 bits per heavy atom. The van der Waals surface area contributed by atoms with Crippen molar-refractivity contribution in [3.05, 3.63) is 29.3 Å². The predicted molar refractivity (Wildman–Crippen MR) is 79.5 cm³/mol. The maximum absolute atomic E-state index is 12.8. The summed E-state index contributed by atoms with van der Waals surface area (Å²) in [6, 6.07) is 5.20. The quantitative estimate of drug-likeness (QED) is 0.802. The highest BCUT2D eigenvalue weighted by atomic mass is 35.5. The van der Waals surface area contributed by atoms with Crippen molar-refractivity contribution in [1.29, 1.82) is 0 Å². The number of hydrogen-bond acceptors (Lipinski definition) is 3. The first-order chi connectivity index (χ1) is 9.37. The van der Waals surface area contributed by atoms with Crippen LogP contribution in [0.25, 0.3) is 0 Å². The minimum Gasteiger partial charge on any atom is -0.377 e. The van der Waals surface area contributed by atoms with Crippen molar-refractivity contribution in [3.8, 4) is 0 Å². The van der Waals surface area contributed by atoms with Crippen LogP contribution in [-0.4, -0.2) is 38.5 Å². The van der Waals surface area contributed by atoms with E-state index in [2.05, 4.69) is 0 Å². The Bertz CT molecular complexity index is 588. The Hall–Kier alpha value is -0.620. The van der Waals surface area contributed by atoms with E-state index in [0.29, 0.717) is 17.4 Å². The Morgan fingerprint density at radius 2 is 2.15 bits per heavy atom. The normalized spacial score (nSPS) is 23.4. The van der Waals surface area contributed by atoms with E-state index in [-0.39, 0.29) is 12.1 Å². The highest BCUT2D eigenvalue weighted by Crippen LogP contribution is 2.27. The van der Waals surface area contributed by atoms with E-state index in [1.54, 1.807) is 26.1 Å².